The van der Waals surface area contributed by atoms with E-state index in [9.17, 15) is 22.9 Å². The van der Waals surface area contributed by atoms with Crippen molar-refractivity contribution in [2.45, 2.75) is 251 Å². The number of unbranched alkanes of at least 4 members (excludes halogenated alkanes) is 32. The molecule has 50 heavy (non-hydrogen) atoms. The molecule has 1 amide bonds. The van der Waals surface area contributed by atoms with Gasteiger partial charge in [-0.15, -0.1) is 0 Å². The SMILES string of the molecule is CCCCCCCCCCCCCCCCCCCC/C=C/C(O)C(CS(=O)(=O)O)NC(=O)CCCCCCCCCCCCCCCCC. The van der Waals surface area contributed by atoms with Gasteiger partial charge in [0.25, 0.3) is 10.1 Å². The largest absolute Gasteiger partial charge is 0.387 e. The van der Waals surface area contributed by atoms with Crippen molar-refractivity contribution in [1.82, 2.24) is 5.32 Å². The van der Waals surface area contributed by atoms with Crippen molar-refractivity contribution >= 4 is 16.0 Å². The van der Waals surface area contributed by atoms with Crippen LogP contribution in [-0.4, -0.2) is 41.9 Å². The van der Waals surface area contributed by atoms with Gasteiger partial charge >= 0.3 is 0 Å². The quantitative estimate of drug-likeness (QED) is 0.0331. The fourth-order valence-corrected chi connectivity index (χ4v) is 7.66. The maximum Gasteiger partial charge on any atom is 0.267 e. The number of hydrogen-bond donors (Lipinski definition) is 3. The number of hydrogen-bond acceptors (Lipinski definition) is 4. The molecule has 7 heteroatoms. The Morgan fingerprint density at radius 1 is 0.520 bits per heavy atom. The lowest BCUT2D eigenvalue weighted by Crippen LogP contribution is -2.46. The maximum absolute atomic E-state index is 12.5. The summed E-state index contributed by atoms with van der Waals surface area (Å²) in [6.07, 6.45) is 46.3. The van der Waals surface area contributed by atoms with Gasteiger partial charge in [-0.25, -0.2) is 0 Å². The Kier molecular flexibility index (Phi) is 37.1. The lowest BCUT2D eigenvalue weighted by Gasteiger charge is -2.21. The Balaban J connectivity index is 3.84. The van der Waals surface area contributed by atoms with Gasteiger partial charge < -0.3 is 10.4 Å². The maximum atomic E-state index is 12.5. The summed E-state index contributed by atoms with van der Waals surface area (Å²) in [5, 5.41) is 13.3. The molecule has 0 radical (unpaired) electrons. The second kappa shape index (κ2) is 37.8. The van der Waals surface area contributed by atoms with Gasteiger partial charge in [0, 0.05) is 6.42 Å². The summed E-state index contributed by atoms with van der Waals surface area (Å²) < 4.78 is 32.5. The van der Waals surface area contributed by atoms with Gasteiger partial charge in [-0.05, 0) is 19.3 Å². The minimum atomic E-state index is -4.34. The number of aliphatic hydroxyl groups excluding tert-OH is 1. The van der Waals surface area contributed by atoms with Gasteiger partial charge in [0.05, 0.1) is 17.9 Å². The monoisotopic (exact) mass is 728 g/mol. The van der Waals surface area contributed by atoms with Crippen LogP contribution in [-0.2, 0) is 14.9 Å². The van der Waals surface area contributed by atoms with Crippen LogP contribution in [0.15, 0.2) is 12.2 Å². The molecular formula is C43H85NO5S. The Hall–Kier alpha value is -0.920. The number of rotatable bonds is 40. The first-order valence-corrected chi connectivity index (χ1v) is 23.5. The first-order valence-electron chi connectivity index (χ1n) is 21.9. The predicted molar refractivity (Wildman–Crippen MR) is 216 cm³/mol. The van der Waals surface area contributed by atoms with E-state index in [4.69, 9.17) is 0 Å². The number of nitrogens with one attached hydrogen (secondary N) is 1. The van der Waals surface area contributed by atoms with Gasteiger partial charge in [-0.3, -0.25) is 9.35 Å². The number of carbonyl (C=O) groups is 1. The molecule has 6 nitrogen and oxygen atoms in total. The molecule has 298 valence electrons. The summed E-state index contributed by atoms with van der Waals surface area (Å²) >= 11 is 0. The van der Waals surface area contributed by atoms with E-state index in [0.29, 0.717) is 6.42 Å². The number of aliphatic hydroxyl groups is 1. The van der Waals surface area contributed by atoms with Crippen LogP contribution in [0.2, 0.25) is 0 Å². The smallest absolute Gasteiger partial charge is 0.267 e. The third kappa shape index (κ3) is 38.3. The van der Waals surface area contributed by atoms with Crippen LogP contribution in [0, 0.1) is 0 Å². The fourth-order valence-electron chi connectivity index (χ4n) is 6.92. The van der Waals surface area contributed by atoms with Crippen molar-refractivity contribution < 1.29 is 22.9 Å². The molecule has 0 heterocycles. The molecule has 0 aliphatic carbocycles. The highest BCUT2D eigenvalue weighted by Gasteiger charge is 2.24. The molecule has 0 aromatic heterocycles. The average Bonchev–Trinajstić information content (AvgIpc) is 3.08. The zero-order valence-electron chi connectivity index (χ0n) is 33.3. The van der Waals surface area contributed by atoms with Gasteiger partial charge in [0.15, 0.2) is 0 Å². The molecule has 2 unspecified atom stereocenters. The lowest BCUT2D eigenvalue weighted by molar-refractivity contribution is -0.122. The fraction of sp³-hybridized carbons (Fsp3) is 0.930. The summed E-state index contributed by atoms with van der Waals surface area (Å²) in [6, 6.07) is -1.05. The van der Waals surface area contributed by atoms with Gasteiger partial charge in [-0.1, -0.05) is 225 Å². The van der Waals surface area contributed by atoms with E-state index in [-0.39, 0.29) is 5.91 Å². The third-order valence-electron chi connectivity index (χ3n) is 10.2. The molecule has 0 fully saturated rings. The van der Waals surface area contributed by atoms with Crippen LogP contribution in [0.3, 0.4) is 0 Å². The summed E-state index contributed by atoms with van der Waals surface area (Å²) in [4.78, 5) is 12.5. The number of carbonyl (C=O) groups excluding carboxylic acids is 1. The highest BCUT2D eigenvalue weighted by Crippen LogP contribution is 2.16. The van der Waals surface area contributed by atoms with Crippen LogP contribution in [0.25, 0.3) is 0 Å². The Bertz CT molecular complexity index is 846. The summed E-state index contributed by atoms with van der Waals surface area (Å²) in [5.41, 5.74) is 0. The number of amides is 1. The molecule has 0 saturated heterocycles. The van der Waals surface area contributed by atoms with Crippen molar-refractivity contribution in [2.75, 3.05) is 5.75 Å². The zero-order valence-corrected chi connectivity index (χ0v) is 34.1. The summed E-state index contributed by atoms with van der Waals surface area (Å²) in [6.45, 7) is 4.54. The Morgan fingerprint density at radius 2 is 0.820 bits per heavy atom. The van der Waals surface area contributed by atoms with Crippen molar-refractivity contribution in [2.24, 2.45) is 0 Å². The van der Waals surface area contributed by atoms with Crippen LogP contribution >= 0.6 is 0 Å². The van der Waals surface area contributed by atoms with E-state index >= 15 is 0 Å². The van der Waals surface area contributed by atoms with Crippen molar-refractivity contribution in [3.8, 4) is 0 Å². The molecule has 0 aliphatic rings. The second-order valence-electron chi connectivity index (χ2n) is 15.3. The van der Waals surface area contributed by atoms with E-state index in [0.717, 1.165) is 38.5 Å². The molecule has 3 N–H and O–H groups in total. The standard InChI is InChI=1S/C43H85NO5S/c1-3-5-7-9-11-13-15-17-19-20-21-22-23-25-26-28-30-32-34-36-38-42(45)41(40-50(47,48)49)44-43(46)39-37-35-33-31-29-27-24-18-16-14-12-10-8-6-4-2/h36,38,41-42,45H,3-35,37,39-40H2,1-2H3,(H,44,46)(H,47,48,49)/b38-36+. The predicted octanol–water partition coefficient (Wildman–Crippen LogP) is 13.0. The van der Waals surface area contributed by atoms with Gasteiger partial charge in [0.1, 0.15) is 0 Å². The van der Waals surface area contributed by atoms with E-state index in [1.807, 2.05) is 6.08 Å². The Morgan fingerprint density at radius 3 is 1.14 bits per heavy atom. The summed E-state index contributed by atoms with van der Waals surface area (Å²) in [7, 11) is -4.34. The van der Waals surface area contributed by atoms with E-state index in [2.05, 4.69) is 19.2 Å². The number of allylic oxidation sites excluding steroid dienone is 1. The van der Waals surface area contributed by atoms with Gasteiger partial charge in [0.2, 0.25) is 5.91 Å². The molecular weight excluding hydrogens is 643 g/mol. The van der Waals surface area contributed by atoms with Gasteiger partial charge in [-0.2, -0.15) is 8.42 Å². The summed E-state index contributed by atoms with van der Waals surface area (Å²) in [5.74, 6) is -0.966. The molecule has 0 saturated carbocycles. The second-order valence-corrected chi connectivity index (χ2v) is 16.8. The minimum Gasteiger partial charge on any atom is -0.387 e. The normalized spacial score (nSPS) is 13.3. The molecule has 0 rings (SSSR count). The van der Waals surface area contributed by atoms with E-state index in [1.165, 1.54) is 180 Å². The zero-order chi connectivity index (χ0) is 36.8. The third-order valence-corrected chi connectivity index (χ3v) is 11.0. The highest BCUT2D eigenvalue weighted by molar-refractivity contribution is 7.85. The van der Waals surface area contributed by atoms with Crippen LogP contribution < -0.4 is 5.32 Å². The molecule has 0 aromatic rings. The van der Waals surface area contributed by atoms with E-state index in [1.54, 1.807) is 6.08 Å². The first-order chi connectivity index (χ1) is 24.3. The topological polar surface area (TPSA) is 104 Å². The van der Waals surface area contributed by atoms with Crippen LogP contribution in [0.1, 0.15) is 239 Å². The van der Waals surface area contributed by atoms with E-state index < -0.39 is 28.0 Å². The molecule has 0 aromatic carbocycles. The highest BCUT2D eigenvalue weighted by atomic mass is 32.2. The van der Waals surface area contributed by atoms with Crippen molar-refractivity contribution in [3.05, 3.63) is 12.2 Å². The first kappa shape index (κ1) is 49.1. The Labute approximate surface area is 312 Å². The van der Waals surface area contributed by atoms with Crippen molar-refractivity contribution in [1.29, 1.82) is 0 Å². The van der Waals surface area contributed by atoms with Crippen LogP contribution in [0.5, 0.6) is 0 Å². The average molecular weight is 728 g/mol. The van der Waals surface area contributed by atoms with Crippen molar-refractivity contribution in [3.63, 3.8) is 0 Å². The molecule has 0 aliphatic heterocycles. The molecule has 0 spiro atoms. The lowest BCUT2D eigenvalue weighted by atomic mass is 10.0. The minimum absolute atomic E-state index is 0.274. The van der Waals surface area contributed by atoms with Crippen LogP contribution in [0.4, 0.5) is 0 Å². The molecule has 0 bridgehead atoms. The molecule has 2 atom stereocenters.